The summed E-state index contributed by atoms with van der Waals surface area (Å²) in [7, 11) is 0. The normalized spacial score (nSPS) is 22.3. The first-order valence-corrected chi connectivity index (χ1v) is 11.4. The fourth-order valence-corrected chi connectivity index (χ4v) is 4.45. The van der Waals surface area contributed by atoms with Crippen LogP contribution in [0, 0.1) is 5.92 Å². The molecule has 2 fully saturated rings. The smallest absolute Gasteiger partial charge is 0.181 e. The number of hydrogen-bond acceptors (Lipinski definition) is 5. The van der Waals surface area contributed by atoms with Crippen LogP contribution in [0.25, 0.3) is 11.1 Å². The standard InChI is InChI=1S/C24H29ClFN3O2/c25-22-15-29-20(13-23(30)24(26)7-2-8-27-16-24)12-21(22)18-3-1-4-19(11-18)28-14-17-5-9-31-10-6-17/h1,3-4,11-12,15,17,27-28H,2,5-10,13-14,16H2/t24-/m0/s1. The van der Waals surface area contributed by atoms with Gasteiger partial charge in [0, 0.05) is 49.4 Å². The van der Waals surface area contributed by atoms with E-state index in [-0.39, 0.29) is 19.4 Å². The Morgan fingerprint density at radius 2 is 2.16 bits per heavy atom. The molecule has 4 rings (SSSR count). The van der Waals surface area contributed by atoms with Gasteiger partial charge in [0.25, 0.3) is 0 Å². The third-order valence-corrected chi connectivity index (χ3v) is 6.50. The van der Waals surface area contributed by atoms with E-state index in [2.05, 4.69) is 15.6 Å². The van der Waals surface area contributed by atoms with E-state index in [1.54, 1.807) is 12.3 Å². The molecule has 1 aromatic carbocycles. The SMILES string of the molecule is O=C(Cc1cc(-c2cccc(NCC3CCOCC3)c2)c(Cl)cn1)[C@]1(F)CCCNC1. The lowest BCUT2D eigenvalue weighted by Gasteiger charge is -2.28. The highest BCUT2D eigenvalue weighted by Crippen LogP contribution is 2.31. The average Bonchev–Trinajstić information content (AvgIpc) is 2.80. The van der Waals surface area contributed by atoms with E-state index in [0.717, 1.165) is 56.0 Å². The fraction of sp³-hybridized carbons (Fsp3) is 0.500. The molecule has 7 heteroatoms. The molecule has 5 nitrogen and oxygen atoms in total. The quantitative estimate of drug-likeness (QED) is 0.659. The molecule has 0 saturated carbocycles. The fourth-order valence-electron chi connectivity index (χ4n) is 4.24. The first-order valence-electron chi connectivity index (χ1n) is 11.0. The zero-order valence-electron chi connectivity index (χ0n) is 17.6. The maximum atomic E-state index is 15.0. The monoisotopic (exact) mass is 445 g/mol. The van der Waals surface area contributed by atoms with E-state index < -0.39 is 11.5 Å². The van der Waals surface area contributed by atoms with Gasteiger partial charge in [0.1, 0.15) is 0 Å². The van der Waals surface area contributed by atoms with Gasteiger partial charge in [0.15, 0.2) is 11.5 Å². The van der Waals surface area contributed by atoms with Crippen molar-refractivity contribution in [3.8, 4) is 11.1 Å². The molecule has 2 aliphatic heterocycles. The zero-order valence-corrected chi connectivity index (χ0v) is 18.4. The largest absolute Gasteiger partial charge is 0.385 e. The van der Waals surface area contributed by atoms with E-state index in [1.165, 1.54) is 0 Å². The van der Waals surface area contributed by atoms with E-state index in [0.29, 0.717) is 23.1 Å². The summed E-state index contributed by atoms with van der Waals surface area (Å²) in [6, 6.07) is 9.85. The predicted octanol–water partition coefficient (Wildman–Crippen LogP) is 4.44. The van der Waals surface area contributed by atoms with Gasteiger partial charge >= 0.3 is 0 Å². The molecule has 0 radical (unpaired) electrons. The molecule has 2 aromatic rings. The van der Waals surface area contributed by atoms with Crippen LogP contribution in [0.1, 0.15) is 31.4 Å². The summed E-state index contributed by atoms with van der Waals surface area (Å²) in [4.78, 5) is 16.9. The Labute approximate surface area is 187 Å². The van der Waals surface area contributed by atoms with Crippen LogP contribution in [-0.4, -0.2) is 49.3 Å². The number of carbonyl (C=O) groups excluding carboxylic acids is 1. The number of piperidine rings is 1. The lowest BCUT2D eigenvalue weighted by molar-refractivity contribution is -0.131. The van der Waals surface area contributed by atoms with Gasteiger partial charge in [-0.2, -0.15) is 0 Å². The lowest BCUT2D eigenvalue weighted by atomic mass is 9.89. The summed E-state index contributed by atoms with van der Waals surface area (Å²) < 4.78 is 20.4. The molecule has 1 atom stereocenters. The number of nitrogens with one attached hydrogen (secondary N) is 2. The molecule has 1 aromatic heterocycles. The number of halogens is 2. The van der Waals surface area contributed by atoms with Crippen molar-refractivity contribution < 1.29 is 13.9 Å². The number of rotatable bonds is 7. The minimum absolute atomic E-state index is 0.0377. The lowest BCUT2D eigenvalue weighted by Crippen LogP contribution is -2.48. The van der Waals surface area contributed by atoms with Crippen LogP contribution in [0.2, 0.25) is 5.02 Å². The minimum atomic E-state index is -1.81. The van der Waals surface area contributed by atoms with E-state index in [1.807, 2.05) is 24.3 Å². The molecule has 2 N–H and O–H groups in total. The second-order valence-corrected chi connectivity index (χ2v) is 8.93. The summed E-state index contributed by atoms with van der Waals surface area (Å²) >= 11 is 6.43. The molecule has 0 bridgehead atoms. The number of alkyl halides is 1. The highest BCUT2D eigenvalue weighted by molar-refractivity contribution is 6.33. The van der Waals surface area contributed by atoms with Crippen LogP contribution >= 0.6 is 11.6 Å². The number of hydrogen-bond donors (Lipinski definition) is 2. The molecule has 0 aliphatic carbocycles. The molecule has 0 unspecified atom stereocenters. The van der Waals surface area contributed by atoms with Gasteiger partial charge in [0.05, 0.1) is 11.4 Å². The maximum Gasteiger partial charge on any atom is 0.181 e. The van der Waals surface area contributed by atoms with Crippen molar-refractivity contribution in [3.63, 3.8) is 0 Å². The molecule has 2 aliphatic rings. The molecule has 0 amide bonds. The summed E-state index contributed by atoms with van der Waals surface area (Å²) in [6.45, 7) is 3.39. The van der Waals surface area contributed by atoms with Crippen LogP contribution in [0.3, 0.4) is 0 Å². The van der Waals surface area contributed by atoms with Crippen molar-refractivity contribution >= 4 is 23.1 Å². The van der Waals surface area contributed by atoms with Crippen molar-refractivity contribution in [2.75, 3.05) is 38.2 Å². The average molecular weight is 446 g/mol. The zero-order chi connectivity index (χ0) is 21.7. The third-order valence-electron chi connectivity index (χ3n) is 6.19. The molecule has 0 spiro atoms. The van der Waals surface area contributed by atoms with Gasteiger partial charge in [0.2, 0.25) is 0 Å². The number of aromatic nitrogens is 1. The highest BCUT2D eigenvalue weighted by atomic mass is 35.5. The molecule has 166 valence electrons. The van der Waals surface area contributed by atoms with Crippen LogP contribution in [0.15, 0.2) is 36.5 Å². The third kappa shape index (κ3) is 5.62. The van der Waals surface area contributed by atoms with Crippen molar-refractivity contribution in [2.45, 2.75) is 37.8 Å². The molecular weight excluding hydrogens is 417 g/mol. The van der Waals surface area contributed by atoms with Gasteiger partial charge in [-0.1, -0.05) is 23.7 Å². The van der Waals surface area contributed by atoms with Crippen LogP contribution in [0.5, 0.6) is 0 Å². The summed E-state index contributed by atoms with van der Waals surface area (Å²) in [5, 5.41) is 7.00. The minimum Gasteiger partial charge on any atom is -0.385 e. The van der Waals surface area contributed by atoms with Crippen molar-refractivity contribution in [1.82, 2.24) is 10.3 Å². The van der Waals surface area contributed by atoms with Gasteiger partial charge in [-0.3, -0.25) is 9.78 Å². The Balaban J connectivity index is 1.47. The van der Waals surface area contributed by atoms with E-state index in [9.17, 15) is 9.18 Å². The number of nitrogens with zero attached hydrogens (tertiary/aromatic N) is 1. The van der Waals surface area contributed by atoms with Crippen molar-refractivity contribution in [2.24, 2.45) is 5.92 Å². The van der Waals surface area contributed by atoms with E-state index in [4.69, 9.17) is 16.3 Å². The molecule has 2 saturated heterocycles. The molecule has 31 heavy (non-hydrogen) atoms. The van der Waals surface area contributed by atoms with Gasteiger partial charge in [-0.05, 0) is 61.9 Å². The Bertz CT molecular complexity index is 911. The van der Waals surface area contributed by atoms with Crippen molar-refractivity contribution in [1.29, 1.82) is 0 Å². The van der Waals surface area contributed by atoms with Crippen molar-refractivity contribution in [3.05, 3.63) is 47.2 Å². The number of pyridine rings is 1. The topological polar surface area (TPSA) is 63.2 Å². The number of ether oxygens (including phenoxy) is 1. The Morgan fingerprint density at radius 3 is 2.94 bits per heavy atom. The van der Waals surface area contributed by atoms with Crippen LogP contribution in [-0.2, 0) is 16.0 Å². The molecular formula is C24H29ClFN3O2. The summed E-state index contributed by atoms with van der Waals surface area (Å²) in [5.74, 6) is 0.189. The second-order valence-electron chi connectivity index (χ2n) is 8.52. The highest BCUT2D eigenvalue weighted by Gasteiger charge is 2.39. The van der Waals surface area contributed by atoms with Crippen LogP contribution < -0.4 is 10.6 Å². The first kappa shape index (κ1) is 22.2. The van der Waals surface area contributed by atoms with Gasteiger partial charge in [-0.15, -0.1) is 0 Å². The predicted molar refractivity (Wildman–Crippen MR) is 121 cm³/mol. The number of ketones is 1. The summed E-state index contributed by atoms with van der Waals surface area (Å²) in [5.41, 5.74) is 1.47. The number of carbonyl (C=O) groups is 1. The number of anilines is 1. The molecule has 3 heterocycles. The Hall–Kier alpha value is -2.02. The Morgan fingerprint density at radius 1 is 1.32 bits per heavy atom. The second kappa shape index (κ2) is 10.1. The summed E-state index contributed by atoms with van der Waals surface area (Å²) in [6.07, 6.45) is 4.59. The van der Waals surface area contributed by atoms with Crippen LogP contribution in [0.4, 0.5) is 10.1 Å². The Kier molecular flexibility index (Phi) is 7.20. The first-order chi connectivity index (χ1) is 15.0. The van der Waals surface area contributed by atoms with E-state index >= 15 is 0 Å². The number of Topliss-reactive ketones (excluding diaryl/α,β-unsaturated/α-hetero) is 1. The van der Waals surface area contributed by atoms with Gasteiger partial charge in [-0.25, -0.2) is 4.39 Å². The number of benzene rings is 1. The maximum absolute atomic E-state index is 15.0. The van der Waals surface area contributed by atoms with Gasteiger partial charge < -0.3 is 15.4 Å².